The molecule has 13 heteroatoms. The number of fused-ring (bicyclic) bond motifs is 1. The summed E-state index contributed by atoms with van der Waals surface area (Å²) in [5, 5.41) is 6.60. The average Bonchev–Trinajstić information content (AvgIpc) is 3.51. The molecule has 5 rings (SSSR count). The SMILES string of the molecule is CN1CN2C(c3nccs3)=N[C@@H](c3ccc(F)cc3Cl)C(c3ccn(C(F)F)n3)=C2CCOC1=O. The Morgan fingerprint density at radius 1 is 1.29 bits per heavy atom. The van der Waals surface area contributed by atoms with Crippen LogP contribution in [0.2, 0.25) is 5.02 Å². The van der Waals surface area contributed by atoms with Crippen molar-refractivity contribution in [3.63, 3.8) is 0 Å². The predicted molar refractivity (Wildman–Crippen MR) is 124 cm³/mol. The topological polar surface area (TPSA) is 75.8 Å². The third kappa shape index (κ3) is 4.39. The highest BCUT2D eigenvalue weighted by molar-refractivity contribution is 7.11. The number of carbonyl (C=O) groups excluding carboxylic acids is 1. The number of cyclic esters (lactones) is 1. The molecule has 2 aromatic heterocycles. The van der Waals surface area contributed by atoms with Crippen molar-refractivity contribution in [1.29, 1.82) is 0 Å². The number of ether oxygens (including phenoxy) is 1. The Morgan fingerprint density at radius 3 is 2.80 bits per heavy atom. The van der Waals surface area contributed by atoms with Crippen LogP contribution in [0, 0.1) is 5.82 Å². The molecule has 0 spiro atoms. The van der Waals surface area contributed by atoms with E-state index in [0.29, 0.717) is 32.4 Å². The fraction of sp³-hybridized carbons (Fsp3) is 0.273. The molecular formula is C22H18ClF3N6O2S. The number of rotatable bonds is 4. The van der Waals surface area contributed by atoms with Crippen molar-refractivity contribution < 1.29 is 22.7 Å². The number of benzene rings is 1. The summed E-state index contributed by atoms with van der Waals surface area (Å²) >= 11 is 7.79. The lowest BCUT2D eigenvalue weighted by molar-refractivity contribution is 0.0564. The van der Waals surface area contributed by atoms with Crippen molar-refractivity contribution in [2.24, 2.45) is 4.99 Å². The Hall–Kier alpha value is -3.38. The molecule has 35 heavy (non-hydrogen) atoms. The van der Waals surface area contributed by atoms with E-state index in [1.54, 1.807) is 18.6 Å². The second-order valence-electron chi connectivity index (χ2n) is 7.81. The zero-order valence-electron chi connectivity index (χ0n) is 18.2. The molecule has 4 heterocycles. The monoisotopic (exact) mass is 522 g/mol. The molecule has 182 valence electrons. The minimum Gasteiger partial charge on any atom is -0.449 e. The Labute approximate surface area is 206 Å². The van der Waals surface area contributed by atoms with Crippen molar-refractivity contribution in [2.75, 3.05) is 20.3 Å². The van der Waals surface area contributed by atoms with E-state index in [0.717, 1.165) is 0 Å². The van der Waals surface area contributed by atoms with Gasteiger partial charge in [-0.05, 0) is 18.2 Å². The average molecular weight is 523 g/mol. The van der Waals surface area contributed by atoms with Crippen LogP contribution >= 0.6 is 22.9 Å². The smallest absolute Gasteiger partial charge is 0.410 e. The Bertz CT molecular complexity index is 1330. The lowest BCUT2D eigenvalue weighted by atomic mass is 9.91. The van der Waals surface area contributed by atoms with Crippen LogP contribution in [0.5, 0.6) is 0 Å². The summed E-state index contributed by atoms with van der Waals surface area (Å²) in [6.45, 7) is -2.71. The predicted octanol–water partition coefficient (Wildman–Crippen LogP) is 5.17. The second kappa shape index (κ2) is 9.34. The van der Waals surface area contributed by atoms with Crippen LogP contribution in [-0.2, 0) is 4.74 Å². The molecule has 1 aromatic carbocycles. The number of aliphatic imine (C=N–C) groups is 1. The summed E-state index contributed by atoms with van der Waals surface area (Å²) in [6.07, 6.45) is 2.56. The Morgan fingerprint density at radius 2 is 2.11 bits per heavy atom. The minimum absolute atomic E-state index is 0.0447. The van der Waals surface area contributed by atoms with Gasteiger partial charge < -0.3 is 9.64 Å². The van der Waals surface area contributed by atoms with Crippen LogP contribution in [-0.4, -0.2) is 56.8 Å². The van der Waals surface area contributed by atoms with Gasteiger partial charge in [-0.2, -0.15) is 13.9 Å². The highest BCUT2D eigenvalue weighted by atomic mass is 35.5. The van der Waals surface area contributed by atoms with Crippen LogP contribution in [0.15, 0.2) is 52.7 Å². The van der Waals surface area contributed by atoms with Crippen molar-refractivity contribution in [3.05, 3.63) is 74.8 Å². The van der Waals surface area contributed by atoms with E-state index in [1.807, 2.05) is 4.90 Å². The zero-order valence-corrected chi connectivity index (χ0v) is 19.8. The third-order valence-electron chi connectivity index (χ3n) is 5.61. The van der Waals surface area contributed by atoms with Gasteiger partial charge in [-0.25, -0.2) is 18.9 Å². The van der Waals surface area contributed by atoms with E-state index in [9.17, 15) is 18.0 Å². The first-order valence-electron chi connectivity index (χ1n) is 10.5. The molecule has 0 radical (unpaired) electrons. The number of amides is 1. The highest BCUT2D eigenvalue weighted by Crippen LogP contribution is 2.44. The number of thiazole rings is 1. The molecular weight excluding hydrogens is 505 g/mol. The fourth-order valence-corrected chi connectivity index (χ4v) is 4.97. The normalized spacial score (nSPS) is 18.9. The standard InChI is InChI=1S/C22H18ClF3N6O2S/c1-30-11-31-16(5-8-34-22(30)33)17(15-4-7-32(29-15)21(25)26)18(13-3-2-12(24)10-14(13)23)28-19(31)20-27-6-9-35-20/h2-4,6-7,9-10,18,21H,5,8,11H2,1H3/t18-/m0/s1. The van der Waals surface area contributed by atoms with E-state index < -0.39 is 24.5 Å². The lowest BCUT2D eigenvalue weighted by Gasteiger charge is -2.39. The number of aromatic nitrogens is 3. The third-order valence-corrected chi connectivity index (χ3v) is 6.71. The molecule has 1 fully saturated rings. The first-order valence-corrected chi connectivity index (χ1v) is 11.7. The molecule has 0 bridgehead atoms. The van der Waals surface area contributed by atoms with Crippen LogP contribution in [0.1, 0.15) is 35.3 Å². The van der Waals surface area contributed by atoms with Gasteiger partial charge in [0.2, 0.25) is 0 Å². The number of carbonyl (C=O) groups is 1. The summed E-state index contributed by atoms with van der Waals surface area (Å²) in [7, 11) is 1.58. The largest absolute Gasteiger partial charge is 0.449 e. The number of hydrogen-bond donors (Lipinski definition) is 0. The van der Waals surface area contributed by atoms with Crippen molar-refractivity contribution in [1.82, 2.24) is 24.6 Å². The maximum absolute atomic E-state index is 13.9. The van der Waals surface area contributed by atoms with Crippen LogP contribution in [0.25, 0.3) is 5.57 Å². The van der Waals surface area contributed by atoms with E-state index in [2.05, 4.69) is 10.1 Å². The lowest BCUT2D eigenvalue weighted by Crippen LogP contribution is -2.46. The molecule has 2 aliphatic rings. The van der Waals surface area contributed by atoms with Gasteiger partial charge in [0, 0.05) is 53.1 Å². The first kappa shape index (κ1) is 23.4. The molecule has 0 N–H and O–H groups in total. The van der Waals surface area contributed by atoms with Crippen molar-refractivity contribution >= 4 is 40.4 Å². The van der Waals surface area contributed by atoms with Gasteiger partial charge in [0.05, 0.1) is 12.3 Å². The van der Waals surface area contributed by atoms with Gasteiger partial charge >= 0.3 is 12.6 Å². The fourth-order valence-electron chi connectivity index (χ4n) is 4.06. The molecule has 0 aliphatic carbocycles. The molecule has 1 saturated heterocycles. The number of alkyl halides is 2. The highest BCUT2D eigenvalue weighted by Gasteiger charge is 2.37. The molecule has 1 amide bonds. The summed E-state index contributed by atoms with van der Waals surface area (Å²) in [6, 6.07) is 4.63. The summed E-state index contributed by atoms with van der Waals surface area (Å²) in [4.78, 5) is 24.8. The number of hydrogen-bond acceptors (Lipinski definition) is 7. The van der Waals surface area contributed by atoms with Gasteiger partial charge in [-0.1, -0.05) is 17.7 Å². The van der Waals surface area contributed by atoms with E-state index in [4.69, 9.17) is 21.3 Å². The summed E-state index contributed by atoms with van der Waals surface area (Å²) in [5.74, 6) is -0.0463. The molecule has 2 aliphatic heterocycles. The number of nitrogens with zero attached hydrogens (tertiary/aromatic N) is 6. The van der Waals surface area contributed by atoms with Crippen LogP contribution in [0.4, 0.5) is 18.0 Å². The van der Waals surface area contributed by atoms with Gasteiger partial charge in [-0.3, -0.25) is 9.89 Å². The van der Waals surface area contributed by atoms with Crippen LogP contribution in [0.3, 0.4) is 0 Å². The maximum Gasteiger partial charge on any atom is 0.410 e. The maximum atomic E-state index is 13.9. The van der Waals surface area contributed by atoms with Gasteiger partial charge in [0.1, 0.15) is 18.5 Å². The second-order valence-corrected chi connectivity index (χ2v) is 9.11. The van der Waals surface area contributed by atoms with Crippen LogP contribution < -0.4 is 0 Å². The zero-order chi connectivity index (χ0) is 24.7. The minimum atomic E-state index is -2.83. The quantitative estimate of drug-likeness (QED) is 0.472. The molecule has 8 nitrogen and oxygen atoms in total. The summed E-state index contributed by atoms with van der Waals surface area (Å²) < 4.78 is 46.5. The molecule has 3 aromatic rings. The van der Waals surface area contributed by atoms with Gasteiger partial charge in [-0.15, -0.1) is 11.3 Å². The number of halogens is 4. The molecule has 0 unspecified atom stereocenters. The van der Waals surface area contributed by atoms with E-state index in [1.165, 1.54) is 46.7 Å². The van der Waals surface area contributed by atoms with E-state index in [-0.39, 0.29) is 30.4 Å². The molecule has 1 atom stereocenters. The van der Waals surface area contributed by atoms with Crippen molar-refractivity contribution in [2.45, 2.75) is 19.0 Å². The van der Waals surface area contributed by atoms with E-state index >= 15 is 0 Å². The van der Waals surface area contributed by atoms with Gasteiger partial charge in [0.15, 0.2) is 10.8 Å². The number of amidine groups is 1. The Kier molecular flexibility index (Phi) is 6.24. The van der Waals surface area contributed by atoms with Gasteiger partial charge in [0.25, 0.3) is 0 Å². The first-order chi connectivity index (χ1) is 16.8. The summed E-state index contributed by atoms with van der Waals surface area (Å²) in [5.41, 5.74) is 1.90. The molecule has 0 saturated carbocycles. The van der Waals surface area contributed by atoms with Crippen molar-refractivity contribution in [3.8, 4) is 0 Å². The Balaban J connectivity index is 1.76.